The van der Waals surface area contributed by atoms with Crippen LogP contribution >= 0.6 is 15.9 Å². The van der Waals surface area contributed by atoms with Gasteiger partial charge in [0.1, 0.15) is 6.29 Å². The average Bonchev–Trinajstić information content (AvgIpc) is 2.86. The van der Waals surface area contributed by atoms with Crippen molar-refractivity contribution in [3.8, 4) is 0 Å². The first-order chi connectivity index (χ1) is 5.77. The van der Waals surface area contributed by atoms with Gasteiger partial charge in [0.15, 0.2) is 0 Å². The average molecular weight is 226 g/mol. The van der Waals surface area contributed by atoms with Crippen LogP contribution in [0.2, 0.25) is 0 Å². The lowest BCUT2D eigenvalue weighted by Gasteiger charge is -2.04. The van der Waals surface area contributed by atoms with Gasteiger partial charge in [-0.15, -0.1) is 0 Å². The summed E-state index contributed by atoms with van der Waals surface area (Å²) >= 11 is 3.30. The van der Waals surface area contributed by atoms with Gasteiger partial charge in [-0.3, -0.25) is 4.98 Å². The molecule has 0 amide bonds. The fourth-order valence-electron chi connectivity index (χ4n) is 1.24. The molecule has 1 heterocycles. The van der Waals surface area contributed by atoms with Gasteiger partial charge in [0.05, 0.1) is 11.1 Å². The van der Waals surface area contributed by atoms with Gasteiger partial charge in [0.25, 0.3) is 0 Å². The van der Waals surface area contributed by atoms with E-state index in [4.69, 9.17) is 0 Å². The molecule has 1 aliphatic rings. The van der Waals surface area contributed by atoms with Gasteiger partial charge in [-0.1, -0.05) is 0 Å². The summed E-state index contributed by atoms with van der Waals surface area (Å²) < 4.78 is 0.952. The zero-order valence-corrected chi connectivity index (χ0v) is 8.04. The van der Waals surface area contributed by atoms with Crippen LogP contribution in [0.5, 0.6) is 0 Å². The van der Waals surface area contributed by atoms with Gasteiger partial charge in [0, 0.05) is 10.7 Å². The summed E-state index contributed by atoms with van der Waals surface area (Å²) in [6.07, 6.45) is 4.65. The van der Waals surface area contributed by atoms with E-state index in [0.717, 1.165) is 29.3 Å². The lowest BCUT2D eigenvalue weighted by molar-refractivity contribution is -0.109. The molecule has 0 radical (unpaired) electrons. The largest absolute Gasteiger partial charge is 0.302 e. The molecule has 0 atom stereocenters. The molecule has 3 heteroatoms. The summed E-state index contributed by atoms with van der Waals surface area (Å²) in [4.78, 5) is 14.9. The summed E-state index contributed by atoms with van der Waals surface area (Å²) in [6.45, 7) is 0. The zero-order chi connectivity index (χ0) is 8.60. The highest BCUT2D eigenvalue weighted by Gasteiger charge is 2.45. The van der Waals surface area contributed by atoms with Crippen LogP contribution in [0.15, 0.2) is 22.8 Å². The Kier molecular flexibility index (Phi) is 1.76. The quantitative estimate of drug-likeness (QED) is 0.722. The zero-order valence-electron chi connectivity index (χ0n) is 6.46. The monoisotopic (exact) mass is 225 g/mol. The number of halogens is 1. The van der Waals surface area contributed by atoms with E-state index in [-0.39, 0.29) is 5.41 Å². The molecule has 2 nitrogen and oxygen atoms in total. The summed E-state index contributed by atoms with van der Waals surface area (Å²) in [6, 6.07) is 3.83. The van der Waals surface area contributed by atoms with Crippen molar-refractivity contribution in [2.45, 2.75) is 18.3 Å². The van der Waals surface area contributed by atoms with E-state index in [1.54, 1.807) is 6.20 Å². The third-order valence-corrected chi connectivity index (χ3v) is 2.72. The van der Waals surface area contributed by atoms with Crippen LogP contribution in [0.4, 0.5) is 0 Å². The number of hydrogen-bond acceptors (Lipinski definition) is 2. The predicted molar refractivity (Wildman–Crippen MR) is 48.9 cm³/mol. The number of nitrogens with zero attached hydrogens (tertiary/aromatic N) is 1. The standard InChI is InChI=1S/C9H8BrNO/c10-7-1-2-8(11-5-7)9(6-12)3-4-9/h1-2,5-6H,3-4H2. The Bertz CT molecular complexity index is 303. The molecule has 1 aromatic heterocycles. The van der Waals surface area contributed by atoms with E-state index in [2.05, 4.69) is 20.9 Å². The van der Waals surface area contributed by atoms with Crippen molar-refractivity contribution in [1.29, 1.82) is 0 Å². The van der Waals surface area contributed by atoms with Crippen molar-refractivity contribution in [1.82, 2.24) is 4.98 Å². The second-order valence-electron chi connectivity index (χ2n) is 3.14. The van der Waals surface area contributed by atoms with Crippen molar-refractivity contribution < 1.29 is 4.79 Å². The molecule has 0 aliphatic heterocycles. The van der Waals surface area contributed by atoms with Crippen molar-refractivity contribution in [2.75, 3.05) is 0 Å². The number of carbonyl (C=O) groups excluding carboxylic acids is 1. The molecule has 0 saturated heterocycles. The van der Waals surface area contributed by atoms with E-state index in [0.29, 0.717) is 0 Å². The molecule has 0 spiro atoms. The second-order valence-corrected chi connectivity index (χ2v) is 4.05. The van der Waals surface area contributed by atoms with Crippen LogP contribution in [0.25, 0.3) is 0 Å². The van der Waals surface area contributed by atoms with Gasteiger partial charge < -0.3 is 4.79 Å². The van der Waals surface area contributed by atoms with Crippen molar-refractivity contribution in [3.05, 3.63) is 28.5 Å². The normalized spacial score (nSPS) is 18.8. The Morgan fingerprint density at radius 2 is 2.25 bits per heavy atom. The van der Waals surface area contributed by atoms with Crippen LogP contribution in [-0.4, -0.2) is 11.3 Å². The van der Waals surface area contributed by atoms with Gasteiger partial charge in [0.2, 0.25) is 0 Å². The first-order valence-corrected chi connectivity index (χ1v) is 4.64. The molecule has 1 aromatic rings. The molecule has 1 saturated carbocycles. The Morgan fingerprint density at radius 3 is 2.67 bits per heavy atom. The summed E-state index contributed by atoms with van der Waals surface area (Å²) in [5.74, 6) is 0. The molecule has 0 unspecified atom stereocenters. The predicted octanol–water partition coefficient (Wildman–Crippen LogP) is 2.07. The maximum atomic E-state index is 10.7. The van der Waals surface area contributed by atoms with Crippen molar-refractivity contribution in [2.24, 2.45) is 0 Å². The first-order valence-electron chi connectivity index (χ1n) is 3.85. The Balaban J connectivity index is 2.35. The SMILES string of the molecule is O=CC1(c2ccc(Br)cn2)CC1. The van der Waals surface area contributed by atoms with Gasteiger partial charge >= 0.3 is 0 Å². The van der Waals surface area contributed by atoms with E-state index in [1.807, 2.05) is 12.1 Å². The smallest absolute Gasteiger partial charge is 0.132 e. The molecule has 1 aliphatic carbocycles. The summed E-state index contributed by atoms with van der Waals surface area (Å²) in [5.41, 5.74) is 0.668. The molecule has 0 aromatic carbocycles. The summed E-state index contributed by atoms with van der Waals surface area (Å²) in [7, 11) is 0. The molecule has 62 valence electrons. The van der Waals surface area contributed by atoms with Crippen molar-refractivity contribution >= 4 is 22.2 Å². The number of pyridine rings is 1. The minimum atomic E-state index is -0.235. The number of carbonyl (C=O) groups is 1. The van der Waals surface area contributed by atoms with Crippen LogP contribution < -0.4 is 0 Å². The lowest BCUT2D eigenvalue weighted by atomic mass is 10.0. The van der Waals surface area contributed by atoms with E-state index >= 15 is 0 Å². The molecule has 0 bridgehead atoms. The molecule has 2 rings (SSSR count). The number of rotatable bonds is 2. The second kappa shape index (κ2) is 2.66. The van der Waals surface area contributed by atoms with Crippen LogP contribution in [0, 0.1) is 0 Å². The topological polar surface area (TPSA) is 30.0 Å². The maximum Gasteiger partial charge on any atom is 0.132 e. The minimum Gasteiger partial charge on any atom is -0.302 e. The highest BCUT2D eigenvalue weighted by atomic mass is 79.9. The number of aromatic nitrogens is 1. The Labute approximate surface area is 79.1 Å². The number of aldehydes is 1. The van der Waals surface area contributed by atoms with Gasteiger partial charge in [-0.05, 0) is 40.9 Å². The van der Waals surface area contributed by atoms with E-state index < -0.39 is 0 Å². The maximum absolute atomic E-state index is 10.7. The van der Waals surface area contributed by atoms with Crippen LogP contribution in [0.1, 0.15) is 18.5 Å². The van der Waals surface area contributed by atoms with Crippen LogP contribution in [-0.2, 0) is 10.2 Å². The van der Waals surface area contributed by atoms with Gasteiger partial charge in [-0.2, -0.15) is 0 Å². The van der Waals surface area contributed by atoms with Crippen molar-refractivity contribution in [3.63, 3.8) is 0 Å². The fourth-order valence-corrected chi connectivity index (χ4v) is 1.47. The molecular weight excluding hydrogens is 218 g/mol. The molecule has 12 heavy (non-hydrogen) atoms. The number of hydrogen-bond donors (Lipinski definition) is 0. The lowest BCUT2D eigenvalue weighted by Crippen LogP contribution is -2.09. The first kappa shape index (κ1) is 7.92. The van der Waals surface area contributed by atoms with E-state index in [1.165, 1.54) is 0 Å². The molecule has 1 fully saturated rings. The Morgan fingerprint density at radius 1 is 1.50 bits per heavy atom. The minimum absolute atomic E-state index is 0.235. The summed E-state index contributed by atoms with van der Waals surface area (Å²) in [5, 5.41) is 0. The van der Waals surface area contributed by atoms with Crippen LogP contribution in [0.3, 0.4) is 0 Å². The fraction of sp³-hybridized carbons (Fsp3) is 0.333. The Hall–Kier alpha value is -0.700. The molecular formula is C9H8BrNO. The highest BCUT2D eigenvalue weighted by molar-refractivity contribution is 9.10. The van der Waals surface area contributed by atoms with E-state index in [9.17, 15) is 4.79 Å². The third-order valence-electron chi connectivity index (χ3n) is 2.25. The molecule has 0 N–H and O–H groups in total. The van der Waals surface area contributed by atoms with Gasteiger partial charge in [-0.25, -0.2) is 0 Å². The highest BCUT2D eigenvalue weighted by Crippen LogP contribution is 2.45. The third kappa shape index (κ3) is 1.18.